The third kappa shape index (κ3) is 8.03. The Bertz CT molecular complexity index is 1730. The first kappa shape index (κ1) is 30.8. The first-order valence-electron chi connectivity index (χ1n) is 13.5. The lowest BCUT2D eigenvalue weighted by atomic mass is 10.1. The highest BCUT2D eigenvalue weighted by Gasteiger charge is 2.13. The number of nitrogens with one attached hydrogen (secondary N) is 3. The minimum Gasteiger partial charge on any atom is -0.493 e. The first-order chi connectivity index (χ1) is 21.8. The van der Waals surface area contributed by atoms with E-state index in [1.54, 1.807) is 78.9 Å². The van der Waals surface area contributed by atoms with Crippen molar-refractivity contribution in [2.24, 2.45) is 0 Å². The van der Waals surface area contributed by atoms with Gasteiger partial charge in [0.2, 0.25) is 23.6 Å². The van der Waals surface area contributed by atoms with Crippen molar-refractivity contribution in [2.45, 2.75) is 0 Å². The Labute approximate surface area is 263 Å². The van der Waals surface area contributed by atoms with Crippen molar-refractivity contribution in [3.8, 4) is 17.2 Å². The number of hydrogen-bond donors (Lipinski definition) is 3. The minimum atomic E-state index is -0.359. The van der Waals surface area contributed by atoms with Gasteiger partial charge in [0, 0.05) is 27.6 Å². The summed E-state index contributed by atoms with van der Waals surface area (Å²) in [5.74, 6) is 1.59. The van der Waals surface area contributed by atoms with E-state index in [4.69, 9.17) is 25.8 Å². The van der Waals surface area contributed by atoms with Gasteiger partial charge in [0.05, 0.1) is 21.3 Å². The Kier molecular flexibility index (Phi) is 9.70. The third-order valence-corrected chi connectivity index (χ3v) is 6.63. The summed E-state index contributed by atoms with van der Waals surface area (Å²) in [6.45, 7) is 0. The number of rotatable bonds is 12. The molecule has 5 aromatic rings. The Balaban J connectivity index is 1.33. The highest BCUT2D eigenvalue weighted by atomic mass is 35.5. The molecule has 12 heteroatoms. The molecule has 228 valence electrons. The molecule has 10 nitrogen and oxygen atoms in total. The van der Waals surface area contributed by atoms with E-state index < -0.39 is 0 Å². The van der Waals surface area contributed by atoms with Gasteiger partial charge in [-0.2, -0.15) is 15.0 Å². The van der Waals surface area contributed by atoms with Gasteiger partial charge < -0.3 is 30.2 Å². The molecule has 0 saturated carbocycles. The summed E-state index contributed by atoms with van der Waals surface area (Å²) in [6, 6.07) is 23.2. The summed E-state index contributed by atoms with van der Waals surface area (Å²) in [5, 5.41) is 9.92. The normalized spacial score (nSPS) is 10.8. The van der Waals surface area contributed by atoms with Gasteiger partial charge in [0.15, 0.2) is 17.3 Å². The predicted octanol–water partition coefficient (Wildman–Crippen LogP) is 7.82. The molecule has 3 N–H and O–H groups in total. The van der Waals surface area contributed by atoms with Crippen LogP contribution in [0.25, 0.3) is 6.08 Å². The molecule has 0 saturated heterocycles. The number of allylic oxidation sites excluding steroid dienone is 1. The second-order valence-corrected chi connectivity index (χ2v) is 9.87. The van der Waals surface area contributed by atoms with Crippen LogP contribution in [0.4, 0.5) is 39.3 Å². The lowest BCUT2D eigenvalue weighted by Gasteiger charge is -2.12. The molecule has 0 unspecified atom stereocenters. The van der Waals surface area contributed by atoms with Crippen molar-refractivity contribution in [1.82, 2.24) is 15.0 Å². The summed E-state index contributed by atoms with van der Waals surface area (Å²) in [4.78, 5) is 26.3. The summed E-state index contributed by atoms with van der Waals surface area (Å²) in [7, 11) is 4.59. The lowest BCUT2D eigenvalue weighted by molar-refractivity contribution is 0.104. The minimum absolute atomic E-state index is 0.198. The van der Waals surface area contributed by atoms with E-state index in [2.05, 4.69) is 30.9 Å². The fourth-order valence-corrected chi connectivity index (χ4v) is 4.31. The van der Waals surface area contributed by atoms with Crippen LogP contribution in [-0.4, -0.2) is 42.1 Å². The van der Waals surface area contributed by atoms with Crippen molar-refractivity contribution >= 4 is 58.4 Å². The number of hydrogen-bond acceptors (Lipinski definition) is 10. The molecule has 0 radical (unpaired) electrons. The third-order valence-electron chi connectivity index (χ3n) is 6.38. The second kappa shape index (κ2) is 14.2. The van der Waals surface area contributed by atoms with E-state index in [-0.39, 0.29) is 29.4 Å². The summed E-state index contributed by atoms with van der Waals surface area (Å²) < 4.78 is 29.5. The van der Waals surface area contributed by atoms with Crippen LogP contribution in [0.3, 0.4) is 0 Å². The van der Waals surface area contributed by atoms with E-state index in [9.17, 15) is 9.18 Å². The maximum absolute atomic E-state index is 13.4. The van der Waals surface area contributed by atoms with Crippen molar-refractivity contribution in [3.05, 3.63) is 113 Å². The Morgan fingerprint density at radius 3 is 1.58 bits per heavy atom. The average molecular weight is 627 g/mol. The molecule has 1 aromatic heterocycles. The van der Waals surface area contributed by atoms with Crippen LogP contribution in [-0.2, 0) is 0 Å². The van der Waals surface area contributed by atoms with Gasteiger partial charge in [0.25, 0.3) is 0 Å². The van der Waals surface area contributed by atoms with E-state index >= 15 is 0 Å². The predicted molar refractivity (Wildman–Crippen MR) is 173 cm³/mol. The lowest BCUT2D eigenvalue weighted by Crippen LogP contribution is -2.07. The fraction of sp³-hybridized carbons (Fsp3) is 0.0909. The zero-order valence-corrected chi connectivity index (χ0v) is 25.2. The molecule has 0 fully saturated rings. The van der Waals surface area contributed by atoms with Crippen molar-refractivity contribution in [3.63, 3.8) is 0 Å². The van der Waals surface area contributed by atoms with Gasteiger partial charge in [-0.05, 0) is 96.6 Å². The zero-order valence-electron chi connectivity index (χ0n) is 24.5. The largest absolute Gasteiger partial charge is 0.493 e. The molecule has 1 heterocycles. The fourth-order valence-electron chi connectivity index (χ4n) is 4.18. The van der Waals surface area contributed by atoms with Crippen LogP contribution in [0.2, 0.25) is 5.02 Å². The monoisotopic (exact) mass is 626 g/mol. The van der Waals surface area contributed by atoms with Crippen molar-refractivity contribution in [1.29, 1.82) is 0 Å². The number of ether oxygens (including phenoxy) is 3. The number of carbonyl (C=O) groups is 1. The summed E-state index contributed by atoms with van der Waals surface area (Å²) in [6.07, 6.45) is 3.14. The number of anilines is 6. The summed E-state index contributed by atoms with van der Waals surface area (Å²) >= 11 is 6.01. The quantitative estimate of drug-likeness (QED) is 0.0934. The number of ketones is 1. The van der Waals surface area contributed by atoms with E-state index in [1.165, 1.54) is 39.5 Å². The molecular weight excluding hydrogens is 599 g/mol. The van der Waals surface area contributed by atoms with Crippen LogP contribution in [0.5, 0.6) is 17.2 Å². The summed E-state index contributed by atoms with van der Waals surface area (Å²) in [5.41, 5.74) is 3.12. The van der Waals surface area contributed by atoms with Crippen LogP contribution in [0, 0.1) is 5.82 Å². The van der Waals surface area contributed by atoms with Gasteiger partial charge in [0.1, 0.15) is 5.82 Å². The molecule has 5 rings (SSSR count). The average Bonchev–Trinajstić information content (AvgIpc) is 3.05. The molecule has 45 heavy (non-hydrogen) atoms. The molecule has 0 aliphatic rings. The van der Waals surface area contributed by atoms with Crippen LogP contribution in [0.1, 0.15) is 15.9 Å². The number of methoxy groups -OCH3 is 3. The highest BCUT2D eigenvalue weighted by Crippen LogP contribution is 2.38. The number of benzene rings is 4. The topological polar surface area (TPSA) is 120 Å². The van der Waals surface area contributed by atoms with E-state index in [0.29, 0.717) is 50.5 Å². The molecule has 0 aliphatic heterocycles. The van der Waals surface area contributed by atoms with E-state index in [1.807, 2.05) is 0 Å². The molecule has 0 amide bonds. The molecule has 0 atom stereocenters. The van der Waals surface area contributed by atoms with Gasteiger partial charge in [-0.3, -0.25) is 4.79 Å². The van der Waals surface area contributed by atoms with Crippen LogP contribution in [0.15, 0.2) is 91.0 Å². The van der Waals surface area contributed by atoms with Gasteiger partial charge in [-0.1, -0.05) is 17.7 Å². The standard InChI is InChI=1S/C33H28ClFN6O4/c1-43-28-18-20(19-29(44-2)30(28)45-3)4-17-27(42)21-5-11-24(12-6-21)36-31-39-32(37-25-13-7-22(34)8-14-25)41-33(40-31)38-26-15-9-23(35)10-16-26/h4-19H,1-3H3,(H3,36,37,38,39,40,41)/b17-4+. The van der Waals surface area contributed by atoms with Crippen molar-refractivity contribution in [2.75, 3.05) is 37.3 Å². The zero-order chi connectivity index (χ0) is 31.8. The van der Waals surface area contributed by atoms with Crippen LogP contribution >= 0.6 is 11.6 Å². The second-order valence-electron chi connectivity index (χ2n) is 9.43. The Hall–Kier alpha value is -5.68. The molecule has 4 aromatic carbocycles. The number of halogens is 2. The maximum atomic E-state index is 13.4. The van der Waals surface area contributed by atoms with Crippen LogP contribution < -0.4 is 30.2 Å². The molecule has 0 aliphatic carbocycles. The molecular formula is C33H28ClFN6O4. The number of carbonyl (C=O) groups excluding carboxylic acids is 1. The Morgan fingerprint density at radius 2 is 1.13 bits per heavy atom. The van der Waals surface area contributed by atoms with Gasteiger partial charge in [-0.15, -0.1) is 0 Å². The van der Waals surface area contributed by atoms with Gasteiger partial charge in [-0.25, -0.2) is 4.39 Å². The maximum Gasteiger partial charge on any atom is 0.233 e. The van der Waals surface area contributed by atoms with E-state index in [0.717, 1.165) is 0 Å². The number of aromatic nitrogens is 3. The Morgan fingerprint density at radius 1 is 0.689 bits per heavy atom. The molecule has 0 bridgehead atoms. The smallest absolute Gasteiger partial charge is 0.233 e. The SMILES string of the molecule is COc1cc(/C=C/C(=O)c2ccc(Nc3nc(Nc4ccc(F)cc4)nc(Nc4ccc(Cl)cc4)n3)cc2)cc(OC)c1OC. The number of nitrogens with zero attached hydrogens (tertiary/aromatic N) is 3. The van der Waals surface area contributed by atoms with Crippen molar-refractivity contribution < 1.29 is 23.4 Å². The highest BCUT2D eigenvalue weighted by molar-refractivity contribution is 6.30. The molecule has 0 spiro atoms. The first-order valence-corrected chi connectivity index (χ1v) is 13.9. The van der Waals surface area contributed by atoms with Gasteiger partial charge >= 0.3 is 0 Å².